The Morgan fingerprint density at radius 3 is 2.00 bits per heavy atom. The first kappa shape index (κ1) is 15.3. The Morgan fingerprint density at radius 1 is 1.11 bits per heavy atom. The van der Waals surface area contributed by atoms with Gasteiger partial charge in [-0.2, -0.15) is 0 Å². The van der Waals surface area contributed by atoms with E-state index in [4.69, 9.17) is 0 Å². The largest absolute Gasteiger partial charge is 0.306 e. The summed E-state index contributed by atoms with van der Waals surface area (Å²) < 4.78 is 21.1. The first-order valence-corrected chi connectivity index (χ1v) is 7.50. The van der Waals surface area contributed by atoms with Crippen molar-refractivity contribution in [3.05, 3.63) is 35.9 Å². The first-order valence-electron chi connectivity index (χ1n) is 6.33. The van der Waals surface area contributed by atoms with Gasteiger partial charge in [0.25, 0.3) is 0 Å². The molecule has 0 saturated carbocycles. The summed E-state index contributed by atoms with van der Waals surface area (Å²) in [4.78, 5) is 2.24. The molecule has 1 aromatic carbocycles. The summed E-state index contributed by atoms with van der Waals surface area (Å²) in [6, 6.07) is 10.3. The third-order valence-corrected chi connectivity index (χ3v) is 4.03. The van der Waals surface area contributed by atoms with E-state index in [2.05, 4.69) is 32.6 Å². The predicted octanol–water partition coefficient (Wildman–Crippen LogP) is 3.07. The highest BCUT2D eigenvalue weighted by molar-refractivity contribution is 7.79. The Balaban J connectivity index is 2.90. The average Bonchev–Trinajstić information content (AvgIpc) is 2.29. The minimum absolute atomic E-state index is 0.351. The zero-order valence-corrected chi connectivity index (χ0v) is 12.4. The van der Waals surface area contributed by atoms with E-state index in [0.717, 1.165) is 5.56 Å². The second-order valence-corrected chi connectivity index (χ2v) is 6.18. The smallest absolute Gasteiger partial charge is 0.161 e. The van der Waals surface area contributed by atoms with Crippen LogP contribution in [0.1, 0.15) is 38.5 Å². The monoisotopic (exact) mass is 269 g/mol. The number of hydrogen-bond donors (Lipinski definition) is 1. The third kappa shape index (κ3) is 4.19. The lowest BCUT2D eigenvalue weighted by molar-refractivity contribution is 0.174. The lowest BCUT2D eigenvalue weighted by atomic mass is 10.1. The van der Waals surface area contributed by atoms with E-state index < -0.39 is 11.1 Å². The number of benzene rings is 1. The van der Waals surface area contributed by atoms with Crippen LogP contribution in [-0.2, 0) is 11.1 Å². The summed E-state index contributed by atoms with van der Waals surface area (Å²) >= 11 is -1.85. The summed E-state index contributed by atoms with van der Waals surface area (Å²) in [6.07, 6.45) is 0. The molecule has 0 bridgehead atoms. The summed E-state index contributed by atoms with van der Waals surface area (Å²) in [7, 11) is 0. The van der Waals surface area contributed by atoms with Gasteiger partial charge in [0, 0.05) is 18.6 Å². The van der Waals surface area contributed by atoms with Crippen LogP contribution in [0.4, 0.5) is 0 Å². The van der Waals surface area contributed by atoms with Crippen LogP contribution in [0.5, 0.6) is 0 Å². The Morgan fingerprint density at radius 2 is 1.61 bits per heavy atom. The van der Waals surface area contributed by atoms with Crippen LogP contribution in [-0.4, -0.2) is 32.3 Å². The molecule has 0 aliphatic heterocycles. The van der Waals surface area contributed by atoms with E-state index >= 15 is 0 Å². The summed E-state index contributed by atoms with van der Waals surface area (Å²) in [5.41, 5.74) is 0.921. The van der Waals surface area contributed by atoms with Crippen LogP contribution in [0, 0.1) is 0 Å². The molecule has 0 aliphatic carbocycles. The van der Waals surface area contributed by atoms with Gasteiger partial charge in [0.1, 0.15) is 0 Å². The van der Waals surface area contributed by atoms with Crippen LogP contribution >= 0.6 is 0 Å². The van der Waals surface area contributed by atoms with Gasteiger partial charge in [-0.25, -0.2) is 4.21 Å². The molecule has 0 spiro atoms. The normalized spacial score (nSPS) is 15.3. The van der Waals surface area contributed by atoms with Gasteiger partial charge in [-0.3, -0.25) is 4.90 Å². The van der Waals surface area contributed by atoms with Crippen LogP contribution in [0.25, 0.3) is 0 Å². The Bertz CT molecular complexity index is 371. The van der Waals surface area contributed by atoms with Crippen molar-refractivity contribution in [2.24, 2.45) is 0 Å². The molecule has 0 aliphatic rings. The number of nitrogens with zero attached hydrogens (tertiary/aromatic N) is 1. The fourth-order valence-corrected chi connectivity index (χ4v) is 2.85. The fraction of sp³-hybridized carbons (Fsp3) is 0.571. The molecule has 0 amide bonds. The van der Waals surface area contributed by atoms with Crippen LogP contribution in [0.2, 0.25) is 0 Å². The van der Waals surface area contributed by atoms with Crippen molar-refractivity contribution in [1.82, 2.24) is 4.90 Å². The molecular weight excluding hydrogens is 246 g/mol. The molecule has 0 aromatic heterocycles. The van der Waals surface area contributed by atoms with Gasteiger partial charge in [0.2, 0.25) is 0 Å². The highest BCUT2D eigenvalue weighted by Crippen LogP contribution is 2.22. The molecule has 0 heterocycles. The van der Waals surface area contributed by atoms with Crippen LogP contribution in [0.15, 0.2) is 30.3 Å². The molecule has 102 valence electrons. The highest BCUT2D eigenvalue weighted by atomic mass is 32.2. The second kappa shape index (κ2) is 7.02. The maximum Gasteiger partial charge on any atom is 0.161 e. The van der Waals surface area contributed by atoms with Gasteiger partial charge in [-0.05, 0) is 33.3 Å². The minimum Gasteiger partial charge on any atom is -0.306 e. The van der Waals surface area contributed by atoms with Gasteiger partial charge >= 0.3 is 0 Å². The topological polar surface area (TPSA) is 40.5 Å². The molecule has 1 N–H and O–H groups in total. The third-order valence-electron chi connectivity index (χ3n) is 3.12. The molecule has 0 radical (unpaired) electrons. The SMILES string of the molecule is CC(C)N(CC(c1ccccc1)S(=O)O)C(C)C. The van der Waals surface area contributed by atoms with Crippen molar-refractivity contribution in [2.75, 3.05) is 6.54 Å². The van der Waals surface area contributed by atoms with Crippen molar-refractivity contribution in [3.63, 3.8) is 0 Å². The molecular formula is C14H23NO2S. The molecule has 3 nitrogen and oxygen atoms in total. The summed E-state index contributed by atoms with van der Waals surface area (Å²) in [5.74, 6) is 0. The first-order chi connectivity index (χ1) is 8.43. The quantitative estimate of drug-likeness (QED) is 0.807. The Labute approximate surface area is 112 Å². The van der Waals surface area contributed by atoms with Crippen molar-refractivity contribution < 1.29 is 8.76 Å². The van der Waals surface area contributed by atoms with Crippen molar-refractivity contribution in [3.8, 4) is 0 Å². The standard InChI is InChI=1S/C14H23NO2S/c1-11(2)15(12(3)4)10-14(18(16)17)13-8-6-5-7-9-13/h5-9,11-12,14H,10H2,1-4H3,(H,16,17). The van der Waals surface area contributed by atoms with Crippen molar-refractivity contribution >= 4 is 11.1 Å². The highest BCUT2D eigenvalue weighted by Gasteiger charge is 2.24. The molecule has 4 heteroatoms. The van der Waals surface area contributed by atoms with E-state index in [1.807, 2.05) is 30.3 Å². The molecule has 0 saturated heterocycles. The Hall–Kier alpha value is -0.710. The van der Waals surface area contributed by atoms with E-state index in [-0.39, 0.29) is 5.25 Å². The van der Waals surface area contributed by atoms with Crippen molar-refractivity contribution in [1.29, 1.82) is 0 Å². The van der Waals surface area contributed by atoms with Gasteiger partial charge in [0.05, 0.1) is 5.25 Å². The maximum absolute atomic E-state index is 11.6. The Kier molecular flexibility index (Phi) is 5.99. The van der Waals surface area contributed by atoms with Crippen LogP contribution in [0.3, 0.4) is 0 Å². The molecule has 2 unspecified atom stereocenters. The zero-order chi connectivity index (χ0) is 13.7. The van der Waals surface area contributed by atoms with E-state index in [1.54, 1.807) is 0 Å². The van der Waals surface area contributed by atoms with Gasteiger partial charge in [-0.15, -0.1) is 0 Å². The fourth-order valence-electron chi connectivity index (χ4n) is 2.16. The van der Waals surface area contributed by atoms with Crippen LogP contribution < -0.4 is 0 Å². The van der Waals surface area contributed by atoms with E-state index in [0.29, 0.717) is 18.6 Å². The zero-order valence-electron chi connectivity index (χ0n) is 11.5. The lowest BCUT2D eigenvalue weighted by Crippen LogP contribution is -2.40. The lowest BCUT2D eigenvalue weighted by Gasteiger charge is -2.33. The van der Waals surface area contributed by atoms with Gasteiger partial charge < -0.3 is 4.55 Å². The maximum atomic E-state index is 11.6. The molecule has 2 atom stereocenters. The number of hydrogen-bond acceptors (Lipinski definition) is 2. The van der Waals surface area contributed by atoms with Gasteiger partial charge in [-0.1, -0.05) is 30.3 Å². The molecule has 0 fully saturated rings. The summed E-state index contributed by atoms with van der Waals surface area (Å²) in [6.45, 7) is 9.05. The molecule has 1 rings (SSSR count). The molecule has 1 aromatic rings. The minimum atomic E-state index is -1.85. The van der Waals surface area contributed by atoms with Gasteiger partial charge in [0.15, 0.2) is 11.1 Å². The molecule has 18 heavy (non-hydrogen) atoms. The van der Waals surface area contributed by atoms with E-state index in [1.165, 1.54) is 0 Å². The second-order valence-electron chi connectivity index (χ2n) is 5.06. The predicted molar refractivity (Wildman–Crippen MR) is 76.9 cm³/mol. The summed E-state index contributed by atoms with van der Waals surface area (Å²) in [5, 5.41) is -0.351. The average molecular weight is 269 g/mol. The number of rotatable bonds is 6. The van der Waals surface area contributed by atoms with E-state index in [9.17, 15) is 8.76 Å². The van der Waals surface area contributed by atoms with Crippen molar-refractivity contribution in [2.45, 2.75) is 45.0 Å².